The summed E-state index contributed by atoms with van der Waals surface area (Å²) in [5.41, 5.74) is 4.21. The van der Waals surface area contributed by atoms with Gasteiger partial charge in [0.1, 0.15) is 0 Å². The number of hydrogen-bond acceptors (Lipinski definition) is 3. The molecule has 0 N–H and O–H groups in total. The van der Waals surface area contributed by atoms with Crippen molar-refractivity contribution < 1.29 is 0 Å². The summed E-state index contributed by atoms with van der Waals surface area (Å²) in [6, 6.07) is 23.1. The molecule has 0 aliphatic heterocycles. The highest BCUT2D eigenvalue weighted by Gasteiger charge is 2.09. The van der Waals surface area contributed by atoms with Gasteiger partial charge in [0.05, 0.1) is 11.4 Å². The van der Waals surface area contributed by atoms with Crippen LogP contribution in [-0.2, 0) is 0 Å². The van der Waals surface area contributed by atoms with Gasteiger partial charge in [-0.3, -0.25) is 4.98 Å². The fourth-order valence-corrected chi connectivity index (χ4v) is 3.25. The summed E-state index contributed by atoms with van der Waals surface area (Å²) in [5.74, 6) is 0. The van der Waals surface area contributed by atoms with Crippen LogP contribution in [0.5, 0.6) is 0 Å². The molecule has 4 rings (SSSR count). The van der Waals surface area contributed by atoms with Crippen LogP contribution in [0.1, 0.15) is 0 Å². The van der Waals surface area contributed by atoms with E-state index in [1.807, 2.05) is 12.1 Å². The summed E-state index contributed by atoms with van der Waals surface area (Å²) in [6.45, 7) is 0. The van der Waals surface area contributed by atoms with Crippen molar-refractivity contribution >= 4 is 22.5 Å². The normalized spacial score (nSPS) is 10.9. The third-order valence-corrected chi connectivity index (χ3v) is 4.82. The molecule has 0 amide bonds. The number of rotatable bonds is 3. The van der Waals surface area contributed by atoms with Crippen LogP contribution >= 0.6 is 11.8 Å². The fourth-order valence-electron chi connectivity index (χ4n) is 2.84. The zero-order valence-corrected chi connectivity index (χ0v) is 14.1. The Hall–Kier alpha value is -2.65. The maximum atomic E-state index is 4.96. The van der Waals surface area contributed by atoms with E-state index in [4.69, 9.17) is 4.98 Å². The minimum Gasteiger partial charge on any atom is -0.265 e. The van der Waals surface area contributed by atoms with Crippen molar-refractivity contribution in [3.63, 3.8) is 0 Å². The van der Waals surface area contributed by atoms with E-state index in [0.29, 0.717) is 0 Å². The highest BCUT2D eigenvalue weighted by Crippen LogP contribution is 2.31. The molecule has 116 valence electrons. The first-order valence-corrected chi connectivity index (χ1v) is 9.02. The lowest BCUT2D eigenvalue weighted by Gasteiger charge is -2.10. The highest BCUT2D eigenvalue weighted by molar-refractivity contribution is 7.98. The van der Waals surface area contributed by atoms with Gasteiger partial charge in [-0.2, -0.15) is 0 Å². The third-order valence-electron chi connectivity index (χ3n) is 4.08. The first-order valence-electron chi connectivity index (χ1n) is 7.80. The molecule has 0 spiro atoms. The fraction of sp³-hybridized carbons (Fsp3) is 0.0476. The van der Waals surface area contributed by atoms with Crippen LogP contribution in [0.2, 0.25) is 0 Å². The van der Waals surface area contributed by atoms with Crippen LogP contribution in [-0.4, -0.2) is 16.2 Å². The predicted molar refractivity (Wildman–Crippen MR) is 102 cm³/mol. The van der Waals surface area contributed by atoms with Crippen molar-refractivity contribution in [3.05, 3.63) is 79.1 Å². The third kappa shape index (κ3) is 2.79. The molecule has 3 heteroatoms. The number of nitrogens with zero attached hydrogens (tertiary/aromatic N) is 2. The number of fused-ring (bicyclic) bond motifs is 1. The lowest BCUT2D eigenvalue weighted by Crippen LogP contribution is -1.91. The quantitative estimate of drug-likeness (QED) is 0.452. The molecule has 2 nitrogen and oxygen atoms in total. The lowest BCUT2D eigenvalue weighted by molar-refractivity contribution is 1.30. The van der Waals surface area contributed by atoms with Gasteiger partial charge in [-0.1, -0.05) is 36.4 Å². The van der Waals surface area contributed by atoms with E-state index >= 15 is 0 Å². The monoisotopic (exact) mass is 328 g/mol. The molecule has 0 aliphatic rings. The van der Waals surface area contributed by atoms with Crippen LogP contribution in [0, 0.1) is 0 Å². The van der Waals surface area contributed by atoms with Crippen LogP contribution in [0.4, 0.5) is 0 Å². The molecule has 2 aromatic heterocycles. The molecule has 2 heterocycles. The van der Waals surface area contributed by atoms with Gasteiger partial charge in [0.25, 0.3) is 0 Å². The van der Waals surface area contributed by atoms with E-state index in [1.165, 1.54) is 15.7 Å². The minimum absolute atomic E-state index is 0.972. The Morgan fingerprint density at radius 3 is 2.29 bits per heavy atom. The Kier molecular flexibility index (Phi) is 4.01. The van der Waals surface area contributed by atoms with Crippen molar-refractivity contribution in [1.82, 2.24) is 9.97 Å². The average molecular weight is 328 g/mol. The molecule has 2 aromatic carbocycles. The summed E-state index contributed by atoms with van der Waals surface area (Å²) in [5, 5.41) is 2.37. The standard InChI is InChI=1S/C21H16N2S/c1-24-18-8-6-16(7-9-18)21-19-5-3-2-4-17(19)14-20(23-21)15-10-12-22-13-11-15/h2-14H,1H3. The molecular weight excluding hydrogens is 312 g/mol. The van der Waals surface area contributed by atoms with Gasteiger partial charge in [-0.15, -0.1) is 11.8 Å². The molecule has 0 saturated heterocycles. The van der Waals surface area contributed by atoms with Crippen LogP contribution < -0.4 is 0 Å². The number of hydrogen-bond donors (Lipinski definition) is 0. The molecule has 24 heavy (non-hydrogen) atoms. The second-order valence-corrected chi connectivity index (χ2v) is 6.42. The molecule has 0 atom stereocenters. The number of aromatic nitrogens is 2. The van der Waals surface area contributed by atoms with E-state index in [1.54, 1.807) is 24.2 Å². The second kappa shape index (κ2) is 6.46. The first-order chi connectivity index (χ1) is 11.8. The topological polar surface area (TPSA) is 25.8 Å². The SMILES string of the molecule is CSc1ccc(-c2nc(-c3ccncc3)cc3ccccc23)cc1. The van der Waals surface area contributed by atoms with Gasteiger partial charge >= 0.3 is 0 Å². The van der Waals surface area contributed by atoms with Crippen molar-refractivity contribution in [3.8, 4) is 22.5 Å². The number of pyridine rings is 2. The molecule has 0 radical (unpaired) electrons. The van der Waals surface area contributed by atoms with Crippen LogP contribution in [0.15, 0.2) is 84.0 Å². The van der Waals surface area contributed by atoms with Gasteiger partial charge in [0.15, 0.2) is 0 Å². The Bertz CT molecular complexity index is 980. The Labute approximate surface area is 145 Å². The first kappa shape index (κ1) is 14.9. The molecular formula is C21H16N2S. The summed E-state index contributed by atoms with van der Waals surface area (Å²) in [6.07, 6.45) is 5.70. The summed E-state index contributed by atoms with van der Waals surface area (Å²) < 4.78 is 0. The number of benzene rings is 2. The molecule has 0 fully saturated rings. The molecule has 4 aromatic rings. The largest absolute Gasteiger partial charge is 0.265 e. The van der Waals surface area contributed by atoms with Gasteiger partial charge in [0, 0.05) is 33.8 Å². The molecule has 0 unspecified atom stereocenters. The van der Waals surface area contributed by atoms with E-state index in [0.717, 1.165) is 22.5 Å². The zero-order chi connectivity index (χ0) is 16.4. The minimum atomic E-state index is 0.972. The van der Waals surface area contributed by atoms with E-state index in [2.05, 4.69) is 65.8 Å². The zero-order valence-electron chi connectivity index (χ0n) is 13.3. The van der Waals surface area contributed by atoms with Crippen LogP contribution in [0.3, 0.4) is 0 Å². The summed E-state index contributed by atoms with van der Waals surface area (Å²) in [4.78, 5) is 10.3. The molecule has 0 saturated carbocycles. The van der Waals surface area contributed by atoms with Crippen LogP contribution in [0.25, 0.3) is 33.3 Å². The Morgan fingerprint density at radius 1 is 0.792 bits per heavy atom. The number of thioether (sulfide) groups is 1. The van der Waals surface area contributed by atoms with Gasteiger partial charge in [-0.25, -0.2) is 4.98 Å². The summed E-state index contributed by atoms with van der Waals surface area (Å²) >= 11 is 1.75. The highest BCUT2D eigenvalue weighted by atomic mass is 32.2. The van der Waals surface area contributed by atoms with Crippen molar-refractivity contribution in [2.45, 2.75) is 4.90 Å². The van der Waals surface area contributed by atoms with Gasteiger partial charge in [-0.05, 0) is 42.0 Å². The lowest BCUT2D eigenvalue weighted by atomic mass is 10.0. The van der Waals surface area contributed by atoms with Crippen molar-refractivity contribution in [1.29, 1.82) is 0 Å². The Morgan fingerprint density at radius 2 is 1.54 bits per heavy atom. The van der Waals surface area contributed by atoms with Crippen molar-refractivity contribution in [2.24, 2.45) is 0 Å². The van der Waals surface area contributed by atoms with Gasteiger partial charge < -0.3 is 0 Å². The molecule has 0 aliphatic carbocycles. The van der Waals surface area contributed by atoms with Gasteiger partial charge in [0.2, 0.25) is 0 Å². The van der Waals surface area contributed by atoms with Crippen molar-refractivity contribution in [2.75, 3.05) is 6.26 Å². The second-order valence-electron chi connectivity index (χ2n) is 5.54. The predicted octanol–water partition coefficient (Wildman–Crippen LogP) is 5.69. The Balaban J connectivity index is 1.95. The van der Waals surface area contributed by atoms with E-state index in [-0.39, 0.29) is 0 Å². The van der Waals surface area contributed by atoms with E-state index < -0.39 is 0 Å². The molecule has 0 bridgehead atoms. The van der Waals surface area contributed by atoms with E-state index in [9.17, 15) is 0 Å². The summed E-state index contributed by atoms with van der Waals surface area (Å²) in [7, 11) is 0. The average Bonchev–Trinajstić information content (AvgIpc) is 2.68. The maximum absolute atomic E-state index is 4.96. The smallest absolute Gasteiger partial charge is 0.0787 e. The maximum Gasteiger partial charge on any atom is 0.0787 e.